The van der Waals surface area contributed by atoms with Gasteiger partial charge in [-0.15, -0.1) is 13.2 Å². The first-order valence-corrected chi connectivity index (χ1v) is 11.4. The van der Waals surface area contributed by atoms with Crippen LogP contribution in [0.15, 0.2) is 18.2 Å². The van der Waals surface area contributed by atoms with Crippen molar-refractivity contribution in [2.45, 2.75) is 57.9 Å². The third-order valence-corrected chi connectivity index (χ3v) is 6.70. The number of carbonyl (C=O) groups excluding carboxylic acids is 1. The number of hydrogen-bond donors (Lipinski definition) is 1. The zero-order valence-electron chi connectivity index (χ0n) is 16.2. The van der Waals surface area contributed by atoms with Crippen molar-refractivity contribution in [2.75, 3.05) is 17.2 Å². The Bertz CT molecular complexity index is 850. The number of sulfonamides is 1. The van der Waals surface area contributed by atoms with Crippen LogP contribution in [0.3, 0.4) is 0 Å². The van der Waals surface area contributed by atoms with Gasteiger partial charge in [0, 0.05) is 18.3 Å². The van der Waals surface area contributed by atoms with Crippen LogP contribution in [0, 0.1) is 5.92 Å². The fraction of sp³-hybridized carbons (Fsp3) is 0.632. The lowest BCUT2D eigenvalue weighted by Gasteiger charge is -2.30. The van der Waals surface area contributed by atoms with Crippen LogP contribution in [0.4, 0.5) is 18.9 Å². The maximum absolute atomic E-state index is 12.7. The zero-order chi connectivity index (χ0) is 21.2. The average Bonchev–Trinajstić information content (AvgIpc) is 2.61. The predicted molar refractivity (Wildman–Crippen MR) is 102 cm³/mol. The van der Waals surface area contributed by atoms with Gasteiger partial charge < -0.3 is 9.64 Å². The van der Waals surface area contributed by atoms with E-state index in [0.29, 0.717) is 36.6 Å². The smallest absolute Gasteiger partial charge is 0.406 e. The van der Waals surface area contributed by atoms with Gasteiger partial charge in [0.25, 0.3) is 0 Å². The fourth-order valence-corrected chi connectivity index (χ4v) is 5.25. The molecule has 10 heteroatoms. The summed E-state index contributed by atoms with van der Waals surface area (Å²) in [4.78, 5) is 14.0. The number of carbonyl (C=O) groups is 1. The third-order valence-electron chi connectivity index (χ3n) is 5.38. The Morgan fingerprint density at radius 1 is 1.24 bits per heavy atom. The number of alkyl halides is 3. The molecular formula is C19H25F3N2O4S. The molecule has 1 aromatic carbocycles. The van der Waals surface area contributed by atoms with Crippen LogP contribution in [0.5, 0.6) is 5.75 Å². The maximum Gasteiger partial charge on any atom is 0.573 e. The van der Waals surface area contributed by atoms with E-state index in [1.54, 1.807) is 0 Å². The molecule has 0 atom stereocenters. The Balaban J connectivity index is 1.67. The number of halogens is 3. The molecule has 0 radical (unpaired) electrons. The van der Waals surface area contributed by atoms with E-state index >= 15 is 0 Å². The first kappa shape index (κ1) is 21.9. The van der Waals surface area contributed by atoms with Crippen LogP contribution in [-0.4, -0.2) is 39.0 Å². The van der Waals surface area contributed by atoms with Crippen molar-refractivity contribution in [1.29, 1.82) is 0 Å². The Kier molecular flexibility index (Phi) is 6.42. The standard InChI is InChI=1S/C19H25F3N2O4S/c1-13-4-6-15(7-5-13)23-29(26,27)12-18(25)24-10-2-3-14-11-16(8-9-17(14)24)28-19(20,21)22/h8-9,11,13,15,23H,2-7,10,12H2,1H3. The average molecular weight is 434 g/mol. The first-order chi connectivity index (χ1) is 13.5. The molecule has 1 amide bonds. The van der Waals surface area contributed by atoms with E-state index in [4.69, 9.17) is 0 Å². The van der Waals surface area contributed by atoms with Gasteiger partial charge in [-0.2, -0.15) is 0 Å². The van der Waals surface area contributed by atoms with Crippen LogP contribution in [0.2, 0.25) is 0 Å². The van der Waals surface area contributed by atoms with Gasteiger partial charge in [0.15, 0.2) is 0 Å². The highest BCUT2D eigenvalue weighted by Gasteiger charge is 2.33. The quantitative estimate of drug-likeness (QED) is 0.771. The molecule has 1 aliphatic carbocycles. The largest absolute Gasteiger partial charge is 0.573 e. The highest BCUT2D eigenvalue weighted by atomic mass is 32.2. The molecular weight excluding hydrogens is 409 g/mol. The summed E-state index contributed by atoms with van der Waals surface area (Å²) in [6.07, 6.45) is -0.380. The number of anilines is 1. The monoisotopic (exact) mass is 434 g/mol. The molecule has 1 N–H and O–H groups in total. The lowest BCUT2D eigenvalue weighted by Crippen LogP contribution is -2.45. The molecule has 29 heavy (non-hydrogen) atoms. The van der Waals surface area contributed by atoms with Crippen molar-refractivity contribution >= 4 is 21.6 Å². The van der Waals surface area contributed by atoms with Crippen LogP contribution >= 0.6 is 0 Å². The molecule has 6 nitrogen and oxygen atoms in total. The molecule has 0 spiro atoms. The first-order valence-electron chi connectivity index (χ1n) is 9.71. The highest BCUT2D eigenvalue weighted by molar-refractivity contribution is 7.90. The van der Waals surface area contributed by atoms with Crippen molar-refractivity contribution in [3.63, 3.8) is 0 Å². The summed E-state index contributed by atoms with van der Waals surface area (Å²) in [5.41, 5.74) is 0.954. The molecule has 3 rings (SSSR count). The summed E-state index contributed by atoms with van der Waals surface area (Å²) in [6, 6.07) is 3.60. The molecule has 2 aliphatic rings. The Morgan fingerprint density at radius 3 is 2.59 bits per heavy atom. The van der Waals surface area contributed by atoms with E-state index in [0.717, 1.165) is 31.7 Å². The summed E-state index contributed by atoms with van der Waals surface area (Å²) in [7, 11) is -3.80. The fourth-order valence-electron chi connectivity index (χ4n) is 3.94. The van der Waals surface area contributed by atoms with Crippen molar-refractivity contribution in [3.05, 3.63) is 23.8 Å². The van der Waals surface area contributed by atoms with Gasteiger partial charge >= 0.3 is 6.36 Å². The van der Waals surface area contributed by atoms with Crippen LogP contribution in [0.25, 0.3) is 0 Å². The molecule has 0 bridgehead atoms. The summed E-state index contributed by atoms with van der Waals surface area (Å²) in [5.74, 6) is -1.05. The van der Waals surface area contributed by atoms with Gasteiger partial charge in [0.1, 0.15) is 11.5 Å². The summed E-state index contributed by atoms with van der Waals surface area (Å²) in [5, 5.41) is 0. The number of nitrogens with zero attached hydrogens (tertiary/aromatic N) is 1. The predicted octanol–water partition coefficient (Wildman–Crippen LogP) is 3.36. The number of nitrogens with one attached hydrogen (secondary N) is 1. The van der Waals surface area contributed by atoms with Crippen molar-refractivity contribution in [2.24, 2.45) is 5.92 Å². The lowest BCUT2D eigenvalue weighted by atomic mass is 9.88. The molecule has 1 aliphatic heterocycles. The van der Waals surface area contributed by atoms with E-state index in [1.165, 1.54) is 17.0 Å². The van der Waals surface area contributed by atoms with Crippen molar-refractivity contribution < 1.29 is 31.1 Å². The second kappa shape index (κ2) is 8.51. The SMILES string of the molecule is CC1CCC(NS(=O)(=O)CC(=O)N2CCCc3cc(OC(F)(F)F)ccc32)CC1. The minimum Gasteiger partial charge on any atom is -0.406 e. The Morgan fingerprint density at radius 2 is 1.93 bits per heavy atom. The second-order valence-corrected chi connectivity index (χ2v) is 9.57. The maximum atomic E-state index is 12.7. The summed E-state index contributed by atoms with van der Waals surface area (Å²) >= 11 is 0. The lowest BCUT2D eigenvalue weighted by molar-refractivity contribution is -0.274. The number of ether oxygens (including phenoxy) is 1. The van der Waals surface area contributed by atoms with E-state index in [1.807, 2.05) is 0 Å². The zero-order valence-corrected chi connectivity index (χ0v) is 17.0. The van der Waals surface area contributed by atoms with Gasteiger partial charge in [-0.3, -0.25) is 4.79 Å². The topological polar surface area (TPSA) is 75.7 Å². The molecule has 0 saturated heterocycles. The second-order valence-electron chi connectivity index (χ2n) is 7.82. The van der Waals surface area contributed by atoms with E-state index in [-0.39, 0.29) is 11.8 Å². The molecule has 0 aromatic heterocycles. The van der Waals surface area contributed by atoms with E-state index < -0.39 is 28.0 Å². The molecule has 0 unspecified atom stereocenters. The van der Waals surface area contributed by atoms with Crippen LogP contribution in [-0.2, 0) is 21.2 Å². The molecule has 1 heterocycles. The van der Waals surface area contributed by atoms with Gasteiger partial charge in [-0.1, -0.05) is 6.92 Å². The van der Waals surface area contributed by atoms with Crippen LogP contribution in [0.1, 0.15) is 44.6 Å². The van der Waals surface area contributed by atoms with E-state index in [9.17, 15) is 26.4 Å². The Hall–Kier alpha value is -1.81. The minimum atomic E-state index is -4.80. The summed E-state index contributed by atoms with van der Waals surface area (Å²) in [6.45, 7) is 2.45. The van der Waals surface area contributed by atoms with Crippen molar-refractivity contribution in [1.82, 2.24) is 4.72 Å². The number of fused-ring (bicyclic) bond motifs is 1. The number of benzene rings is 1. The molecule has 1 aromatic rings. The van der Waals surface area contributed by atoms with Crippen molar-refractivity contribution in [3.8, 4) is 5.75 Å². The number of hydrogen-bond acceptors (Lipinski definition) is 4. The third kappa shape index (κ3) is 6.08. The minimum absolute atomic E-state index is 0.153. The number of amides is 1. The summed E-state index contributed by atoms with van der Waals surface area (Å²) < 4.78 is 68.7. The molecule has 162 valence electrons. The van der Waals surface area contributed by atoms with Gasteiger partial charge in [0.05, 0.1) is 0 Å². The Labute approximate surface area is 168 Å². The highest BCUT2D eigenvalue weighted by Crippen LogP contribution is 2.33. The van der Waals surface area contributed by atoms with Gasteiger partial charge in [-0.05, 0) is 68.2 Å². The number of aryl methyl sites for hydroxylation is 1. The van der Waals surface area contributed by atoms with Gasteiger partial charge in [0.2, 0.25) is 15.9 Å². The van der Waals surface area contributed by atoms with Crippen LogP contribution < -0.4 is 14.4 Å². The van der Waals surface area contributed by atoms with Gasteiger partial charge in [-0.25, -0.2) is 13.1 Å². The molecule has 1 saturated carbocycles. The normalized spacial score (nSPS) is 22.8. The number of rotatable bonds is 5. The molecule has 1 fully saturated rings. The van der Waals surface area contributed by atoms with E-state index in [2.05, 4.69) is 16.4 Å².